The van der Waals surface area contributed by atoms with E-state index in [1.807, 2.05) is 67.6 Å². The van der Waals surface area contributed by atoms with Crippen LogP contribution in [0.15, 0.2) is 74.6 Å². The average Bonchev–Trinajstić information content (AvgIpc) is 2.62. The first-order chi connectivity index (χ1) is 12.5. The van der Waals surface area contributed by atoms with Crippen LogP contribution in [-0.2, 0) is 6.61 Å². The standard InChI is InChI=1S/C21H16Br2ClNO/c1-14-7-8-18(11-20(14)24)25-12-16-9-17(22)10-19(23)21(16)26-13-15-5-3-2-4-6-15/h2-12H,13H2,1H3. The predicted molar refractivity (Wildman–Crippen MR) is 116 cm³/mol. The van der Waals surface area contributed by atoms with Crippen LogP contribution in [0.1, 0.15) is 16.7 Å². The normalized spacial score (nSPS) is 11.1. The highest BCUT2D eigenvalue weighted by molar-refractivity contribution is 9.11. The fraction of sp³-hybridized carbons (Fsp3) is 0.0952. The summed E-state index contributed by atoms with van der Waals surface area (Å²) in [6.07, 6.45) is 1.79. The van der Waals surface area contributed by atoms with Crippen molar-refractivity contribution in [2.24, 2.45) is 4.99 Å². The van der Waals surface area contributed by atoms with E-state index in [1.54, 1.807) is 6.21 Å². The fourth-order valence-electron chi connectivity index (χ4n) is 2.36. The molecule has 0 aromatic heterocycles. The van der Waals surface area contributed by atoms with E-state index in [9.17, 15) is 0 Å². The molecule has 0 heterocycles. The Morgan fingerprint density at radius 1 is 1.04 bits per heavy atom. The van der Waals surface area contributed by atoms with E-state index >= 15 is 0 Å². The minimum atomic E-state index is 0.484. The van der Waals surface area contributed by atoms with Crippen LogP contribution in [0.3, 0.4) is 0 Å². The van der Waals surface area contributed by atoms with Gasteiger partial charge in [0, 0.05) is 21.3 Å². The topological polar surface area (TPSA) is 21.6 Å². The molecule has 0 aliphatic heterocycles. The molecule has 132 valence electrons. The molecule has 0 unspecified atom stereocenters. The van der Waals surface area contributed by atoms with Crippen molar-refractivity contribution in [1.29, 1.82) is 0 Å². The van der Waals surface area contributed by atoms with Crippen molar-refractivity contribution < 1.29 is 4.74 Å². The summed E-state index contributed by atoms with van der Waals surface area (Å²) < 4.78 is 7.87. The van der Waals surface area contributed by atoms with Crippen molar-refractivity contribution in [3.05, 3.63) is 91.3 Å². The lowest BCUT2D eigenvalue weighted by molar-refractivity contribution is 0.304. The molecular weight excluding hydrogens is 477 g/mol. The molecule has 0 amide bonds. The zero-order chi connectivity index (χ0) is 18.5. The quantitative estimate of drug-likeness (QED) is 0.337. The van der Waals surface area contributed by atoms with Crippen LogP contribution < -0.4 is 4.74 Å². The van der Waals surface area contributed by atoms with Gasteiger partial charge in [0.05, 0.1) is 10.2 Å². The first-order valence-electron chi connectivity index (χ1n) is 7.99. The van der Waals surface area contributed by atoms with E-state index in [1.165, 1.54) is 0 Å². The second-order valence-corrected chi connectivity index (χ2v) is 7.95. The highest BCUT2D eigenvalue weighted by Crippen LogP contribution is 2.33. The monoisotopic (exact) mass is 491 g/mol. The number of benzene rings is 3. The number of hydrogen-bond acceptors (Lipinski definition) is 2. The molecule has 0 aliphatic carbocycles. The summed E-state index contributed by atoms with van der Waals surface area (Å²) in [5.74, 6) is 0.749. The van der Waals surface area contributed by atoms with Crippen LogP contribution in [0, 0.1) is 6.92 Å². The summed E-state index contributed by atoms with van der Waals surface area (Å²) in [4.78, 5) is 4.55. The average molecular weight is 494 g/mol. The Morgan fingerprint density at radius 2 is 1.81 bits per heavy atom. The maximum absolute atomic E-state index is 6.18. The fourth-order valence-corrected chi connectivity index (χ4v) is 3.91. The van der Waals surface area contributed by atoms with E-state index < -0.39 is 0 Å². The first kappa shape index (κ1) is 19.2. The SMILES string of the molecule is Cc1ccc(N=Cc2cc(Br)cc(Br)c2OCc2ccccc2)cc1Cl. The highest BCUT2D eigenvalue weighted by Gasteiger charge is 2.09. The van der Waals surface area contributed by atoms with Gasteiger partial charge in [-0.2, -0.15) is 0 Å². The van der Waals surface area contributed by atoms with Gasteiger partial charge in [-0.1, -0.05) is 63.9 Å². The van der Waals surface area contributed by atoms with Gasteiger partial charge in [0.2, 0.25) is 0 Å². The molecule has 0 aliphatic rings. The molecule has 2 nitrogen and oxygen atoms in total. The Labute approximate surface area is 175 Å². The molecule has 26 heavy (non-hydrogen) atoms. The lowest BCUT2D eigenvalue weighted by atomic mass is 10.2. The number of aliphatic imine (C=N–C) groups is 1. The Bertz CT molecular complexity index is 942. The molecule has 0 radical (unpaired) electrons. The van der Waals surface area contributed by atoms with Crippen molar-refractivity contribution in [3.8, 4) is 5.75 Å². The molecular formula is C21H16Br2ClNO. The Kier molecular flexibility index (Phi) is 6.52. The summed E-state index contributed by atoms with van der Waals surface area (Å²) in [5.41, 5.74) is 3.81. The summed E-state index contributed by atoms with van der Waals surface area (Å²) in [6, 6.07) is 19.7. The van der Waals surface area contributed by atoms with Crippen LogP contribution in [0.4, 0.5) is 5.69 Å². The van der Waals surface area contributed by atoms with Gasteiger partial charge in [-0.25, -0.2) is 0 Å². The number of hydrogen-bond donors (Lipinski definition) is 0. The van der Waals surface area contributed by atoms with Gasteiger partial charge in [-0.3, -0.25) is 4.99 Å². The molecule has 0 saturated heterocycles. The zero-order valence-corrected chi connectivity index (χ0v) is 18.0. The molecule has 0 fully saturated rings. The molecule has 0 N–H and O–H groups in total. The maximum atomic E-state index is 6.18. The minimum Gasteiger partial charge on any atom is -0.487 e. The summed E-state index contributed by atoms with van der Waals surface area (Å²) >= 11 is 13.3. The van der Waals surface area contributed by atoms with Crippen molar-refractivity contribution in [1.82, 2.24) is 0 Å². The van der Waals surface area contributed by atoms with E-state index in [-0.39, 0.29) is 0 Å². The van der Waals surface area contributed by atoms with Crippen molar-refractivity contribution in [2.75, 3.05) is 0 Å². The molecule has 0 spiro atoms. The lowest BCUT2D eigenvalue weighted by Gasteiger charge is -2.12. The van der Waals surface area contributed by atoms with Gasteiger partial charge >= 0.3 is 0 Å². The molecule has 0 atom stereocenters. The molecule has 3 aromatic rings. The van der Waals surface area contributed by atoms with E-state index in [0.717, 1.165) is 37.1 Å². The summed E-state index contributed by atoms with van der Waals surface area (Å²) in [6.45, 7) is 2.45. The van der Waals surface area contributed by atoms with Crippen LogP contribution in [0.25, 0.3) is 0 Å². The number of rotatable bonds is 5. The molecule has 3 rings (SSSR count). The molecule has 3 aromatic carbocycles. The largest absolute Gasteiger partial charge is 0.487 e. The van der Waals surface area contributed by atoms with E-state index in [0.29, 0.717) is 11.6 Å². The smallest absolute Gasteiger partial charge is 0.142 e. The zero-order valence-electron chi connectivity index (χ0n) is 14.0. The Balaban J connectivity index is 1.87. The van der Waals surface area contributed by atoms with Crippen LogP contribution in [0.2, 0.25) is 5.02 Å². The minimum absolute atomic E-state index is 0.484. The van der Waals surface area contributed by atoms with Gasteiger partial charge in [0.15, 0.2) is 0 Å². The predicted octanol–water partition coefficient (Wildman–Crippen LogP) is 7.50. The number of halogens is 3. The van der Waals surface area contributed by atoms with Crippen LogP contribution >= 0.6 is 43.5 Å². The van der Waals surface area contributed by atoms with Gasteiger partial charge in [0.25, 0.3) is 0 Å². The van der Waals surface area contributed by atoms with Crippen molar-refractivity contribution in [3.63, 3.8) is 0 Å². The van der Waals surface area contributed by atoms with Gasteiger partial charge in [-0.05, 0) is 58.2 Å². The highest BCUT2D eigenvalue weighted by atomic mass is 79.9. The third kappa shape index (κ3) is 4.97. The summed E-state index contributed by atoms with van der Waals surface area (Å²) in [5, 5.41) is 0.704. The number of aryl methyl sites for hydroxylation is 1. The summed E-state index contributed by atoms with van der Waals surface area (Å²) in [7, 11) is 0. The van der Waals surface area contributed by atoms with Crippen LogP contribution in [0.5, 0.6) is 5.75 Å². The van der Waals surface area contributed by atoms with E-state index in [2.05, 4.69) is 36.9 Å². The third-order valence-corrected chi connectivity index (χ3v) is 5.23. The second-order valence-electron chi connectivity index (χ2n) is 5.77. The van der Waals surface area contributed by atoms with Gasteiger partial charge in [-0.15, -0.1) is 0 Å². The van der Waals surface area contributed by atoms with Gasteiger partial charge < -0.3 is 4.74 Å². The maximum Gasteiger partial charge on any atom is 0.142 e. The van der Waals surface area contributed by atoms with Crippen molar-refractivity contribution >= 4 is 55.4 Å². The number of nitrogens with zero attached hydrogens (tertiary/aromatic N) is 1. The number of ether oxygens (including phenoxy) is 1. The molecule has 5 heteroatoms. The third-order valence-electron chi connectivity index (χ3n) is 3.77. The Hall–Kier alpha value is -1.62. The first-order valence-corrected chi connectivity index (χ1v) is 9.95. The second kappa shape index (κ2) is 8.85. The van der Waals surface area contributed by atoms with Crippen molar-refractivity contribution in [2.45, 2.75) is 13.5 Å². The van der Waals surface area contributed by atoms with Crippen LogP contribution in [-0.4, -0.2) is 6.21 Å². The Morgan fingerprint density at radius 3 is 2.54 bits per heavy atom. The van der Waals surface area contributed by atoms with E-state index in [4.69, 9.17) is 16.3 Å². The lowest BCUT2D eigenvalue weighted by Crippen LogP contribution is -1.99. The molecule has 0 saturated carbocycles. The molecule has 0 bridgehead atoms. The van der Waals surface area contributed by atoms with Gasteiger partial charge in [0.1, 0.15) is 12.4 Å².